The Morgan fingerprint density at radius 2 is 1.73 bits per heavy atom. The predicted octanol–water partition coefficient (Wildman–Crippen LogP) is 10.3. The van der Waals surface area contributed by atoms with E-state index in [-0.39, 0.29) is 12.1 Å². The largest absolute Gasteiger partial charge is 0.462 e. The van der Waals surface area contributed by atoms with Crippen molar-refractivity contribution in [3.05, 3.63) is 11.6 Å². The summed E-state index contributed by atoms with van der Waals surface area (Å²) in [6.45, 7) is 14.9. The Morgan fingerprint density at radius 3 is 2.49 bits per heavy atom. The van der Waals surface area contributed by atoms with Gasteiger partial charge in [0.25, 0.3) is 0 Å². The number of carbonyl (C=O) groups is 1. The van der Waals surface area contributed by atoms with Crippen LogP contribution < -0.4 is 0 Å². The molecule has 4 aliphatic carbocycles. The molecule has 0 bridgehead atoms. The molecule has 37 heavy (non-hydrogen) atoms. The first-order chi connectivity index (χ1) is 17.7. The summed E-state index contributed by atoms with van der Waals surface area (Å²) in [7, 11) is 0. The SMILES string of the molecule is CCCCCCC[13C](=O)O[13C@H]1CC[C@@]2(C)C(=CC[C@H]3[C@@H]4CC[C@H]([C@H](C)CCCC(C)C)[C@@]4(C)CC[C@@H]32)C1. The molecule has 0 unspecified atom stereocenters. The van der Waals surface area contributed by atoms with Gasteiger partial charge in [0.2, 0.25) is 0 Å². The molecule has 0 N–H and O–H groups in total. The van der Waals surface area contributed by atoms with Gasteiger partial charge in [-0.25, -0.2) is 0 Å². The van der Waals surface area contributed by atoms with Crippen LogP contribution in [0.15, 0.2) is 11.6 Å². The number of carbonyl (C=O) groups excluding carboxylic acids is 1. The molecule has 3 saturated carbocycles. The molecule has 4 aliphatic rings. The third-order valence-corrected chi connectivity index (χ3v) is 12.0. The molecule has 0 radical (unpaired) electrons. The van der Waals surface area contributed by atoms with Crippen LogP contribution in [0.2, 0.25) is 0 Å². The Hall–Kier alpha value is -0.790. The highest BCUT2D eigenvalue weighted by atomic mass is 16.7. The Kier molecular flexibility index (Phi) is 9.94. The van der Waals surface area contributed by atoms with E-state index in [9.17, 15) is 4.79 Å². The fraction of sp³-hybridized carbons (Fsp3) is 0.914. The minimum absolute atomic E-state index is 0.0485. The number of rotatable bonds is 12. The average molecular weight is 515 g/mol. The monoisotopic (exact) mass is 514 g/mol. The fourth-order valence-electron chi connectivity index (χ4n) is 9.87. The number of esters is 1. The smallest absolute Gasteiger partial charge is 0.306 e. The van der Waals surface area contributed by atoms with Crippen molar-refractivity contribution in [2.75, 3.05) is 0 Å². The van der Waals surface area contributed by atoms with E-state index in [0.29, 0.717) is 17.3 Å². The number of unbranched alkanes of at least 4 members (excludes halogenated alkanes) is 4. The molecule has 0 aromatic rings. The maximum Gasteiger partial charge on any atom is 0.306 e. The van der Waals surface area contributed by atoms with Crippen LogP contribution in [-0.4, -0.2) is 12.1 Å². The van der Waals surface area contributed by atoms with Crippen molar-refractivity contribution in [1.29, 1.82) is 0 Å². The van der Waals surface area contributed by atoms with Gasteiger partial charge in [-0.15, -0.1) is 0 Å². The Labute approximate surface area is 230 Å². The molecule has 0 saturated heterocycles. The minimum atomic E-state index is 0.0485. The molecule has 2 nitrogen and oxygen atoms in total. The van der Waals surface area contributed by atoms with Crippen LogP contribution in [-0.2, 0) is 9.53 Å². The quantitative estimate of drug-likeness (QED) is 0.112. The van der Waals surface area contributed by atoms with Gasteiger partial charge in [0.1, 0.15) is 6.10 Å². The van der Waals surface area contributed by atoms with Crippen molar-refractivity contribution in [1.82, 2.24) is 0 Å². The van der Waals surface area contributed by atoms with Crippen LogP contribution in [0, 0.1) is 46.3 Å². The van der Waals surface area contributed by atoms with Gasteiger partial charge >= 0.3 is 5.97 Å². The van der Waals surface area contributed by atoms with Crippen molar-refractivity contribution in [3.63, 3.8) is 0 Å². The molecular formula is C35H60O2. The molecule has 0 amide bonds. The first kappa shape index (κ1) is 29.2. The summed E-state index contributed by atoms with van der Waals surface area (Å²) < 4.78 is 6.02. The summed E-state index contributed by atoms with van der Waals surface area (Å²) in [5.41, 5.74) is 2.54. The lowest BCUT2D eigenvalue weighted by atomic mass is 9.47. The second kappa shape index (κ2) is 12.6. The van der Waals surface area contributed by atoms with E-state index in [1.807, 2.05) is 0 Å². The third kappa shape index (κ3) is 6.35. The van der Waals surface area contributed by atoms with Crippen LogP contribution in [0.4, 0.5) is 0 Å². The van der Waals surface area contributed by atoms with Crippen molar-refractivity contribution < 1.29 is 9.53 Å². The molecule has 212 valence electrons. The van der Waals surface area contributed by atoms with Crippen LogP contribution in [0.25, 0.3) is 0 Å². The topological polar surface area (TPSA) is 26.3 Å². The lowest BCUT2D eigenvalue weighted by Crippen LogP contribution is -2.51. The van der Waals surface area contributed by atoms with Gasteiger partial charge in [0.15, 0.2) is 0 Å². The van der Waals surface area contributed by atoms with Crippen LogP contribution in [0.5, 0.6) is 0 Å². The number of hydrogen-bond acceptors (Lipinski definition) is 2. The van der Waals surface area contributed by atoms with Gasteiger partial charge in [0, 0.05) is 12.8 Å². The molecule has 0 heterocycles. The van der Waals surface area contributed by atoms with Gasteiger partial charge < -0.3 is 4.74 Å². The first-order valence-electron chi connectivity index (χ1n) is 16.6. The molecule has 0 aromatic carbocycles. The normalized spacial score (nSPS) is 37.9. The Morgan fingerprint density at radius 1 is 0.946 bits per heavy atom. The zero-order valence-electron chi connectivity index (χ0n) is 25.5. The van der Waals surface area contributed by atoms with Gasteiger partial charge in [-0.2, -0.15) is 0 Å². The van der Waals surface area contributed by atoms with Crippen LogP contribution in [0.1, 0.15) is 151 Å². The van der Waals surface area contributed by atoms with Gasteiger partial charge in [0.05, 0.1) is 0 Å². The predicted molar refractivity (Wildman–Crippen MR) is 156 cm³/mol. The lowest BCUT2D eigenvalue weighted by Gasteiger charge is -2.58. The maximum atomic E-state index is 12.5. The third-order valence-electron chi connectivity index (χ3n) is 12.0. The molecule has 3 fully saturated rings. The molecule has 0 aromatic heterocycles. The van der Waals surface area contributed by atoms with Crippen molar-refractivity contribution >= 4 is 5.97 Å². The molecule has 4 rings (SSSR count). The second-order valence-electron chi connectivity index (χ2n) is 14.8. The number of ether oxygens (including phenoxy) is 1. The zero-order chi connectivity index (χ0) is 26.6. The minimum Gasteiger partial charge on any atom is -0.462 e. The van der Waals surface area contributed by atoms with E-state index in [0.717, 1.165) is 61.2 Å². The molecule has 8 atom stereocenters. The molecule has 0 aliphatic heterocycles. The first-order valence-corrected chi connectivity index (χ1v) is 16.6. The van der Waals surface area contributed by atoms with Crippen molar-refractivity contribution in [3.8, 4) is 0 Å². The summed E-state index contributed by atoms with van der Waals surface area (Å²) >= 11 is 0. The number of allylic oxidation sites excluding steroid dienone is 1. The average Bonchev–Trinajstić information content (AvgIpc) is 3.21. The van der Waals surface area contributed by atoms with E-state index in [1.165, 1.54) is 77.0 Å². The van der Waals surface area contributed by atoms with E-state index >= 15 is 0 Å². The van der Waals surface area contributed by atoms with Crippen molar-refractivity contribution in [2.45, 2.75) is 157 Å². The van der Waals surface area contributed by atoms with Crippen LogP contribution >= 0.6 is 0 Å². The Balaban J connectivity index is 1.34. The summed E-state index contributed by atoms with van der Waals surface area (Å²) in [4.78, 5) is 12.5. The standard InChI is InChI=1S/C35H60O2/c1-7-8-9-10-11-15-33(36)37-28-20-22-34(5)27(24-28)16-17-29-31-19-18-30(26(4)14-12-13-25(2)3)35(31,6)23-21-32(29)34/h16,25-26,28-32H,7-15,17-24H2,1-6H3/t26-,28+,29+,30-,31+,32+,34+,35-/m1/s1/i28+1,33+1. The zero-order valence-corrected chi connectivity index (χ0v) is 25.5. The summed E-state index contributed by atoms with van der Waals surface area (Å²) in [6.07, 6.45) is 23.9. The maximum absolute atomic E-state index is 12.5. The van der Waals surface area contributed by atoms with Crippen molar-refractivity contribution in [2.24, 2.45) is 46.3 Å². The Bertz CT molecular complexity index is 782. The van der Waals surface area contributed by atoms with E-state index < -0.39 is 0 Å². The number of fused-ring (bicyclic) bond motifs is 5. The van der Waals surface area contributed by atoms with Gasteiger partial charge in [-0.1, -0.05) is 98.1 Å². The summed E-state index contributed by atoms with van der Waals surface area (Å²) in [6, 6.07) is 0. The summed E-state index contributed by atoms with van der Waals surface area (Å²) in [5, 5.41) is 0. The van der Waals surface area contributed by atoms with Gasteiger partial charge in [-0.05, 0) is 97.7 Å². The highest BCUT2D eigenvalue weighted by Gasteiger charge is 2.59. The summed E-state index contributed by atoms with van der Waals surface area (Å²) in [5.74, 6) is 5.34. The second-order valence-corrected chi connectivity index (χ2v) is 14.8. The van der Waals surface area contributed by atoms with E-state index in [1.54, 1.807) is 5.57 Å². The van der Waals surface area contributed by atoms with E-state index in [2.05, 4.69) is 47.6 Å². The lowest BCUT2D eigenvalue weighted by molar-refractivity contribution is -0.151. The highest BCUT2D eigenvalue weighted by Crippen LogP contribution is 2.67. The van der Waals surface area contributed by atoms with Gasteiger partial charge in [-0.3, -0.25) is 4.79 Å². The molecule has 0 spiro atoms. The molecule has 2 heteroatoms. The number of hydrogen-bond donors (Lipinski definition) is 0. The van der Waals surface area contributed by atoms with E-state index in [4.69, 9.17) is 4.74 Å². The molecular weight excluding hydrogens is 454 g/mol. The highest BCUT2D eigenvalue weighted by molar-refractivity contribution is 5.69. The fourth-order valence-corrected chi connectivity index (χ4v) is 9.87. The van der Waals surface area contributed by atoms with Crippen LogP contribution in [0.3, 0.4) is 0 Å².